The van der Waals surface area contributed by atoms with Crippen molar-refractivity contribution in [3.8, 4) is 0 Å². The van der Waals surface area contributed by atoms with E-state index in [0.29, 0.717) is 5.75 Å². The van der Waals surface area contributed by atoms with E-state index in [0.717, 1.165) is 16.4 Å². The third-order valence-electron chi connectivity index (χ3n) is 2.31. The summed E-state index contributed by atoms with van der Waals surface area (Å²) in [6.07, 6.45) is 1.74. The molecule has 90 valence electrons. The molecule has 17 heavy (non-hydrogen) atoms. The van der Waals surface area contributed by atoms with Gasteiger partial charge in [0.1, 0.15) is 11.6 Å². The molecule has 0 aliphatic heterocycles. The Kier molecular flexibility index (Phi) is 3.81. The molecule has 2 rings (SSSR count). The number of nitrogens with zero attached hydrogens (tertiary/aromatic N) is 1. The van der Waals surface area contributed by atoms with Gasteiger partial charge in [0.05, 0.1) is 11.4 Å². The molecule has 1 heterocycles. The van der Waals surface area contributed by atoms with Crippen LogP contribution in [-0.4, -0.2) is 9.97 Å². The maximum absolute atomic E-state index is 12.9. The van der Waals surface area contributed by atoms with Crippen LogP contribution < -0.4 is 5.73 Å². The summed E-state index contributed by atoms with van der Waals surface area (Å²) in [6.45, 7) is 1.90. The standard InChI is InChI=1S/C12H14FN3S/c1-8(14)11-6-15-12(16-11)7-17-10-4-2-3-9(13)5-10/h2-6,8H,7,14H2,1H3,(H,15,16). The number of hydrogen-bond acceptors (Lipinski definition) is 3. The maximum atomic E-state index is 12.9. The van der Waals surface area contributed by atoms with Gasteiger partial charge in [0.25, 0.3) is 0 Å². The summed E-state index contributed by atoms with van der Waals surface area (Å²) in [4.78, 5) is 8.26. The topological polar surface area (TPSA) is 54.7 Å². The minimum absolute atomic E-state index is 0.0459. The number of hydrogen-bond donors (Lipinski definition) is 2. The van der Waals surface area contributed by atoms with Gasteiger partial charge in [-0.05, 0) is 25.1 Å². The first-order valence-corrected chi connectivity index (χ1v) is 6.31. The molecule has 0 radical (unpaired) electrons. The molecule has 0 aliphatic carbocycles. The Balaban J connectivity index is 1.97. The maximum Gasteiger partial charge on any atom is 0.124 e. The molecular formula is C12H14FN3S. The molecule has 0 fully saturated rings. The summed E-state index contributed by atoms with van der Waals surface area (Å²) in [5.41, 5.74) is 6.64. The van der Waals surface area contributed by atoms with Crippen LogP contribution in [0.25, 0.3) is 0 Å². The highest BCUT2D eigenvalue weighted by Crippen LogP contribution is 2.22. The Labute approximate surface area is 104 Å². The number of imidazole rings is 1. The molecule has 0 amide bonds. The summed E-state index contributed by atoms with van der Waals surface area (Å²) < 4.78 is 12.9. The number of benzene rings is 1. The molecule has 2 aromatic rings. The minimum atomic E-state index is -0.217. The number of thioether (sulfide) groups is 1. The molecule has 3 nitrogen and oxygen atoms in total. The van der Waals surface area contributed by atoms with Crippen molar-refractivity contribution in [3.63, 3.8) is 0 Å². The van der Waals surface area contributed by atoms with Crippen LogP contribution in [0.5, 0.6) is 0 Å². The van der Waals surface area contributed by atoms with Crippen LogP contribution in [0.1, 0.15) is 24.5 Å². The largest absolute Gasteiger partial charge is 0.344 e. The summed E-state index contributed by atoms with van der Waals surface area (Å²) in [5, 5.41) is 0. The van der Waals surface area contributed by atoms with E-state index >= 15 is 0 Å². The fourth-order valence-corrected chi connectivity index (χ4v) is 2.21. The van der Waals surface area contributed by atoms with Crippen LogP contribution in [0.2, 0.25) is 0 Å². The Morgan fingerprint density at radius 1 is 1.53 bits per heavy atom. The molecule has 1 aromatic heterocycles. The van der Waals surface area contributed by atoms with Crippen LogP contribution in [-0.2, 0) is 5.75 Å². The van der Waals surface area contributed by atoms with Gasteiger partial charge in [-0.25, -0.2) is 9.37 Å². The quantitative estimate of drug-likeness (QED) is 0.821. The second-order valence-corrected chi connectivity index (χ2v) is 4.87. The van der Waals surface area contributed by atoms with Crippen molar-refractivity contribution < 1.29 is 4.39 Å². The zero-order valence-electron chi connectivity index (χ0n) is 9.48. The summed E-state index contributed by atoms with van der Waals surface area (Å²) in [7, 11) is 0. The fourth-order valence-electron chi connectivity index (χ4n) is 1.39. The Bertz CT molecular complexity index is 496. The molecule has 0 aliphatic rings. The molecule has 0 bridgehead atoms. The lowest BCUT2D eigenvalue weighted by Crippen LogP contribution is -2.05. The van der Waals surface area contributed by atoms with Gasteiger partial charge < -0.3 is 10.7 Å². The third-order valence-corrected chi connectivity index (χ3v) is 3.32. The number of nitrogens with two attached hydrogens (primary N) is 1. The zero-order valence-corrected chi connectivity index (χ0v) is 10.3. The number of aromatic amines is 1. The lowest BCUT2D eigenvalue weighted by molar-refractivity contribution is 0.624. The molecule has 5 heteroatoms. The lowest BCUT2D eigenvalue weighted by atomic mass is 10.3. The monoisotopic (exact) mass is 251 g/mol. The van der Waals surface area contributed by atoms with E-state index < -0.39 is 0 Å². The van der Waals surface area contributed by atoms with E-state index in [1.54, 1.807) is 12.3 Å². The molecule has 1 aromatic carbocycles. The first kappa shape index (κ1) is 12.1. The van der Waals surface area contributed by atoms with Crippen molar-refractivity contribution >= 4 is 11.8 Å². The number of H-pyrrole nitrogens is 1. The minimum Gasteiger partial charge on any atom is -0.344 e. The van der Waals surface area contributed by atoms with E-state index in [2.05, 4.69) is 9.97 Å². The molecule has 0 saturated heterocycles. The van der Waals surface area contributed by atoms with Crippen molar-refractivity contribution in [2.75, 3.05) is 0 Å². The highest BCUT2D eigenvalue weighted by molar-refractivity contribution is 7.98. The second kappa shape index (κ2) is 5.33. The normalized spacial score (nSPS) is 12.6. The summed E-state index contributed by atoms with van der Waals surface area (Å²) in [5.74, 6) is 1.31. The number of halogens is 1. The summed E-state index contributed by atoms with van der Waals surface area (Å²) >= 11 is 1.54. The number of nitrogens with one attached hydrogen (secondary N) is 1. The molecule has 1 atom stereocenters. The number of aromatic nitrogens is 2. The fraction of sp³-hybridized carbons (Fsp3) is 0.250. The highest BCUT2D eigenvalue weighted by Gasteiger charge is 2.05. The predicted molar refractivity (Wildman–Crippen MR) is 67.2 cm³/mol. The molecule has 1 unspecified atom stereocenters. The van der Waals surface area contributed by atoms with Crippen molar-refractivity contribution in [1.29, 1.82) is 0 Å². The summed E-state index contributed by atoms with van der Waals surface area (Å²) in [6, 6.07) is 6.48. The van der Waals surface area contributed by atoms with E-state index in [1.165, 1.54) is 23.9 Å². The zero-order chi connectivity index (χ0) is 12.3. The van der Waals surface area contributed by atoms with Gasteiger partial charge in [-0.15, -0.1) is 11.8 Å². The Morgan fingerprint density at radius 3 is 3.00 bits per heavy atom. The van der Waals surface area contributed by atoms with Crippen molar-refractivity contribution in [1.82, 2.24) is 9.97 Å². The molecule has 0 saturated carbocycles. The van der Waals surface area contributed by atoms with Crippen LogP contribution in [0.4, 0.5) is 4.39 Å². The van der Waals surface area contributed by atoms with Crippen LogP contribution in [0, 0.1) is 5.82 Å². The van der Waals surface area contributed by atoms with Crippen molar-refractivity contribution in [2.24, 2.45) is 5.73 Å². The number of rotatable bonds is 4. The van der Waals surface area contributed by atoms with Gasteiger partial charge >= 0.3 is 0 Å². The van der Waals surface area contributed by atoms with E-state index in [9.17, 15) is 4.39 Å². The van der Waals surface area contributed by atoms with E-state index in [4.69, 9.17) is 5.73 Å². The van der Waals surface area contributed by atoms with Crippen molar-refractivity contribution in [2.45, 2.75) is 23.6 Å². The Morgan fingerprint density at radius 2 is 2.35 bits per heavy atom. The second-order valence-electron chi connectivity index (χ2n) is 3.82. The Hall–Kier alpha value is -1.33. The van der Waals surface area contributed by atoms with Crippen molar-refractivity contribution in [3.05, 3.63) is 47.8 Å². The average Bonchev–Trinajstić information content (AvgIpc) is 2.75. The van der Waals surface area contributed by atoms with E-state index in [-0.39, 0.29) is 11.9 Å². The predicted octanol–water partition coefficient (Wildman–Crippen LogP) is 2.86. The van der Waals surface area contributed by atoms with Gasteiger partial charge in [0, 0.05) is 17.1 Å². The molecule has 3 N–H and O–H groups in total. The SMILES string of the molecule is CC(N)c1cnc(CSc2cccc(F)c2)[nH]1. The van der Waals surface area contributed by atoms with Gasteiger partial charge in [0.2, 0.25) is 0 Å². The smallest absolute Gasteiger partial charge is 0.124 e. The highest BCUT2D eigenvalue weighted by atomic mass is 32.2. The molecular weight excluding hydrogens is 237 g/mol. The van der Waals surface area contributed by atoms with Gasteiger partial charge in [-0.2, -0.15) is 0 Å². The van der Waals surface area contributed by atoms with Gasteiger partial charge in [-0.3, -0.25) is 0 Å². The van der Waals surface area contributed by atoms with Crippen LogP contribution in [0.3, 0.4) is 0 Å². The van der Waals surface area contributed by atoms with Gasteiger partial charge in [-0.1, -0.05) is 6.07 Å². The lowest BCUT2D eigenvalue weighted by Gasteiger charge is -2.01. The first-order valence-electron chi connectivity index (χ1n) is 5.33. The molecule has 0 spiro atoms. The van der Waals surface area contributed by atoms with E-state index in [1.807, 2.05) is 13.0 Å². The average molecular weight is 251 g/mol. The van der Waals surface area contributed by atoms with Crippen LogP contribution in [0.15, 0.2) is 35.4 Å². The first-order chi connectivity index (χ1) is 8.15. The third kappa shape index (κ3) is 3.31. The van der Waals surface area contributed by atoms with Crippen LogP contribution >= 0.6 is 11.8 Å². The van der Waals surface area contributed by atoms with Gasteiger partial charge in [0.15, 0.2) is 0 Å².